The number of hydrogen-bond donors (Lipinski definition) is 0. The van der Waals surface area contributed by atoms with Crippen LogP contribution in [0.15, 0.2) is 36.9 Å². The van der Waals surface area contributed by atoms with E-state index in [1.54, 1.807) is 35.3 Å². The second-order valence-electron chi connectivity index (χ2n) is 6.60. The van der Waals surface area contributed by atoms with Crippen molar-refractivity contribution >= 4 is 5.91 Å². The lowest BCUT2D eigenvalue weighted by atomic mass is 9.94. The summed E-state index contributed by atoms with van der Waals surface area (Å²) in [6, 6.07) is 11.3. The molecule has 3 rings (SSSR count). The molecule has 1 saturated heterocycles. The molecule has 1 aromatic heterocycles. The van der Waals surface area contributed by atoms with Gasteiger partial charge in [0.25, 0.3) is 0 Å². The van der Waals surface area contributed by atoms with Crippen molar-refractivity contribution in [1.82, 2.24) is 19.7 Å². The van der Waals surface area contributed by atoms with Gasteiger partial charge in [0.2, 0.25) is 5.91 Å². The standard InChI is InChI=1S/C19H20N6O/c20-9-16-5-3-15(4-6-16)8-18(10-21)19(26)24-7-1-2-17(11-24)12-25-14-22-13-23-25/h3-6,13-14,17-18H,1-2,7-8,11-12H2/t17-,18-/m1/s1. The number of carbonyl (C=O) groups excluding carboxylic acids is 1. The Hall–Kier alpha value is -3.19. The number of nitriles is 2. The van der Waals surface area contributed by atoms with Gasteiger partial charge in [0, 0.05) is 19.6 Å². The van der Waals surface area contributed by atoms with E-state index in [0.29, 0.717) is 31.0 Å². The topological polar surface area (TPSA) is 98.6 Å². The minimum atomic E-state index is -0.701. The third kappa shape index (κ3) is 4.25. The SMILES string of the molecule is N#Cc1ccc(C[C@H](C#N)C(=O)N2CCC[C@@H](Cn3cncn3)C2)cc1. The highest BCUT2D eigenvalue weighted by Gasteiger charge is 2.29. The number of amides is 1. The first-order chi connectivity index (χ1) is 12.7. The van der Waals surface area contributed by atoms with Gasteiger partial charge in [0.1, 0.15) is 18.6 Å². The van der Waals surface area contributed by atoms with Crippen molar-refractivity contribution in [2.24, 2.45) is 11.8 Å². The minimum absolute atomic E-state index is 0.111. The molecular formula is C19H20N6O. The zero-order valence-electron chi connectivity index (χ0n) is 14.5. The first-order valence-electron chi connectivity index (χ1n) is 8.69. The van der Waals surface area contributed by atoms with Gasteiger partial charge in [-0.05, 0) is 42.9 Å². The molecule has 1 aliphatic rings. The van der Waals surface area contributed by atoms with Crippen molar-refractivity contribution < 1.29 is 4.79 Å². The number of carbonyl (C=O) groups is 1. The van der Waals surface area contributed by atoms with Crippen LogP contribution in [0.5, 0.6) is 0 Å². The van der Waals surface area contributed by atoms with Gasteiger partial charge < -0.3 is 4.90 Å². The van der Waals surface area contributed by atoms with E-state index in [2.05, 4.69) is 22.2 Å². The zero-order chi connectivity index (χ0) is 18.4. The highest BCUT2D eigenvalue weighted by atomic mass is 16.2. The second-order valence-corrected chi connectivity index (χ2v) is 6.60. The summed E-state index contributed by atoms with van der Waals surface area (Å²) in [6.45, 7) is 2.07. The molecule has 2 atom stereocenters. The molecular weight excluding hydrogens is 328 g/mol. The predicted molar refractivity (Wildman–Crippen MR) is 93.3 cm³/mol. The van der Waals surface area contributed by atoms with Crippen molar-refractivity contribution in [3.63, 3.8) is 0 Å². The molecule has 7 nitrogen and oxygen atoms in total. The molecule has 7 heteroatoms. The maximum atomic E-state index is 12.8. The number of rotatable bonds is 5. The van der Waals surface area contributed by atoms with Crippen LogP contribution < -0.4 is 0 Å². The van der Waals surface area contributed by atoms with Gasteiger partial charge in [-0.3, -0.25) is 9.48 Å². The quantitative estimate of drug-likeness (QED) is 0.820. The lowest BCUT2D eigenvalue weighted by Gasteiger charge is -2.33. The number of aromatic nitrogens is 3. The largest absolute Gasteiger partial charge is 0.341 e. The van der Waals surface area contributed by atoms with Gasteiger partial charge >= 0.3 is 0 Å². The van der Waals surface area contributed by atoms with Gasteiger partial charge in [-0.15, -0.1) is 0 Å². The fourth-order valence-corrected chi connectivity index (χ4v) is 3.37. The molecule has 2 aromatic rings. The van der Waals surface area contributed by atoms with Crippen LogP contribution in [-0.2, 0) is 17.8 Å². The summed E-state index contributed by atoms with van der Waals surface area (Å²) < 4.78 is 1.79. The van der Waals surface area contributed by atoms with Crippen molar-refractivity contribution in [1.29, 1.82) is 10.5 Å². The normalized spacial score (nSPS) is 17.9. The van der Waals surface area contributed by atoms with Crippen LogP contribution in [0.4, 0.5) is 0 Å². The molecule has 0 N–H and O–H groups in total. The average molecular weight is 348 g/mol. The van der Waals surface area contributed by atoms with E-state index in [0.717, 1.165) is 24.9 Å². The van der Waals surface area contributed by atoms with Crippen molar-refractivity contribution in [2.75, 3.05) is 13.1 Å². The van der Waals surface area contributed by atoms with Gasteiger partial charge in [-0.25, -0.2) is 4.98 Å². The third-order valence-electron chi connectivity index (χ3n) is 4.72. The summed E-state index contributed by atoms with van der Waals surface area (Å²) in [5.74, 6) is -0.489. The molecule has 26 heavy (non-hydrogen) atoms. The monoisotopic (exact) mass is 348 g/mol. The summed E-state index contributed by atoms with van der Waals surface area (Å²) in [5, 5.41) is 22.5. The fourth-order valence-electron chi connectivity index (χ4n) is 3.37. The maximum Gasteiger partial charge on any atom is 0.240 e. The Morgan fingerprint density at radius 3 is 2.77 bits per heavy atom. The van der Waals surface area contributed by atoms with E-state index in [4.69, 9.17) is 5.26 Å². The molecule has 1 aromatic carbocycles. The van der Waals surface area contributed by atoms with Crippen LogP contribution in [0.2, 0.25) is 0 Å². The van der Waals surface area contributed by atoms with E-state index in [9.17, 15) is 10.1 Å². The molecule has 0 unspecified atom stereocenters. The summed E-state index contributed by atoms with van der Waals surface area (Å²) in [5.41, 5.74) is 1.46. The third-order valence-corrected chi connectivity index (χ3v) is 4.72. The molecule has 1 aliphatic heterocycles. The van der Waals surface area contributed by atoms with Crippen molar-refractivity contribution in [3.8, 4) is 12.1 Å². The molecule has 0 radical (unpaired) electrons. The number of hydrogen-bond acceptors (Lipinski definition) is 5. The summed E-state index contributed by atoms with van der Waals surface area (Å²) in [6.07, 6.45) is 5.53. The van der Waals surface area contributed by atoms with Crippen LogP contribution in [0.25, 0.3) is 0 Å². The van der Waals surface area contributed by atoms with Gasteiger partial charge in [0.05, 0.1) is 17.7 Å². The Balaban J connectivity index is 1.61. The van der Waals surface area contributed by atoms with E-state index in [-0.39, 0.29) is 5.91 Å². The molecule has 132 valence electrons. The van der Waals surface area contributed by atoms with E-state index in [1.807, 2.05) is 4.90 Å². The molecule has 0 saturated carbocycles. The van der Waals surface area contributed by atoms with Gasteiger partial charge in [-0.2, -0.15) is 15.6 Å². The highest BCUT2D eigenvalue weighted by Crippen LogP contribution is 2.21. The Morgan fingerprint density at radius 2 is 2.12 bits per heavy atom. The van der Waals surface area contributed by atoms with Gasteiger partial charge in [-0.1, -0.05) is 12.1 Å². The fraction of sp³-hybridized carbons (Fsp3) is 0.421. The summed E-state index contributed by atoms with van der Waals surface area (Å²) in [7, 11) is 0. The minimum Gasteiger partial charge on any atom is -0.341 e. The molecule has 0 spiro atoms. The smallest absolute Gasteiger partial charge is 0.240 e. The first kappa shape index (κ1) is 17.6. The number of likely N-dealkylation sites (tertiary alicyclic amines) is 1. The zero-order valence-corrected chi connectivity index (χ0v) is 14.5. The Kier molecular flexibility index (Phi) is 5.60. The van der Waals surface area contributed by atoms with Crippen LogP contribution >= 0.6 is 0 Å². The van der Waals surface area contributed by atoms with Crippen LogP contribution in [-0.4, -0.2) is 38.7 Å². The van der Waals surface area contributed by atoms with E-state index < -0.39 is 5.92 Å². The lowest BCUT2D eigenvalue weighted by Crippen LogP contribution is -2.44. The van der Waals surface area contributed by atoms with Crippen LogP contribution in [0.1, 0.15) is 24.0 Å². The lowest BCUT2D eigenvalue weighted by molar-refractivity contribution is -0.135. The Labute approximate surface area is 152 Å². The average Bonchev–Trinajstić information content (AvgIpc) is 3.19. The van der Waals surface area contributed by atoms with Gasteiger partial charge in [0.15, 0.2) is 0 Å². The molecule has 0 aliphatic carbocycles. The Morgan fingerprint density at radius 1 is 1.31 bits per heavy atom. The van der Waals surface area contributed by atoms with Crippen LogP contribution in [0, 0.1) is 34.5 Å². The summed E-state index contributed by atoms with van der Waals surface area (Å²) >= 11 is 0. The molecule has 1 amide bonds. The molecule has 0 bridgehead atoms. The van der Waals surface area contributed by atoms with E-state index in [1.165, 1.54) is 6.33 Å². The Bertz CT molecular complexity index is 815. The maximum absolute atomic E-state index is 12.8. The van der Waals surface area contributed by atoms with Crippen molar-refractivity contribution in [3.05, 3.63) is 48.0 Å². The molecule has 1 fully saturated rings. The summed E-state index contributed by atoms with van der Waals surface area (Å²) in [4.78, 5) is 18.6. The predicted octanol–water partition coefficient (Wildman–Crippen LogP) is 1.77. The number of nitrogens with zero attached hydrogens (tertiary/aromatic N) is 6. The number of piperidine rings is 1. The molecule has 2 heterocycles. The second kappa shape index (κ2) is 8.26. The van der Waals surface area contributed by atoms with E-state index >= 15 is 0 Å². The highest BCUT2D eigenvalue weighted by molar-refractivity contribution is 5.81. The first-order valence-corrected chi connectivity index (χ1v) is 8.69. The van der Waals surface area contributed by atoms with Crippen molar-refractivity contribution in [2.45, 2.75) is 25.8 Å². The van der Waals surface area contributed by atoms with Crippen LogP contribution in [0.3, 0.4) is 0 Å². The number of benzene rings is 1.